The van der Waals surface area contributed by atoms with Crippen molar-refractivity contribution in [1.29, 1.82) is 0 Å². The van der Waals surface area contributed by atoms with E-state index in [4.69, 9.17) is 4.74 Å². The topological polar surface area (TPSA) is 143 Å². The number of hydrogen-bond donors (Lipinski definition) is 3. The van der Waals surface area contributed by atoms with Crippen molar-refractivity contribution in [1.82, 2.24) is 21.0 Å². The van der Waals surface area contributed by atoms with Crippen LogP contribution in [0.5, 0.6) is 0 Å². The van der Waals surface area contributed by atoms with Crippen LogP contribution in [-0.2, 0) is 28.8 Å². The first-order chi connectivity index (χ1) is 17.4. The van der Waals surface area contributed by atoms with Gasteiger partial charge in [-0.3, -0.25) is 24.0 Å². The maximum atomic E-state index is 13.9. The highest BCUT2D eigenvalue weighted by molar-refractivity contribution is 6.38. The Morgan fingerprint density at radius 1 is 1.03 bits per heavy atom. The summed E-state index contributed by atoms with van der Waals surface area (Å²) in [6, 6.07) is -2.83. The molecule has 0 aromatic heterocycles. The average molecular weight is 539 g/mol. The van der Waals surface area contributed by atoms with Crippen LogP contribution in [0.25, 0.3) is 0 Å². The second kappa shape index (κ2) is 11.6. The van der Waals surface area contributed by atoms with Crippen molar-refractivity contribution in [2.45, 2.75) is 105 Å². The van der Waals surface area contributed by atoms with Crippen LogP contribution >= 0.6 is 0 Å². The highest BCUT2D eigenvalue weighted by Gasteiger charge is 2.70. The lowest BCUT2D eigenvalue weighted by Gasteiger charge is -2.38. The summed E-state index contributed by atoms with van der Waals surface area (Å²) in [6.45, 7) is 17.1. The Labute approximate surface area is 226 Å². The first-order valence-electron chi connectivity index (χ1n) is 13.3. The standard InChI is InChI=1S/C27H46N4O7/c1-11-12-13-16(19(32)22(34)30-37-10)28-21(33)18-17-15(27(17,8)9)14-31(18)23(35)20(25(2,3)4)29-24(36)38-26(5,6)7/h15-18,20H,11-14H2,1-10H3,(H,28,33)(H,29,36)(H,30,34)/t15?,16?,17?,18-,20+/m0/s1. The molecule has 2 fully saturated rings. The Hall–Kier alpha value is -2.69. The van der Waals surface area contributed by atoms with E-state index in [1.807, 2.05) is 33.2 Å². The van der Waals surface area contributed by atoms with Crippen LogP contribution in [0.3, 0.4) is 0 Å². The number of ketones is 1. The minimum absolute atomic E-state index is 0.103. The van der Waals surface area contributed by atoms with E-state index in [0.29, 0.717) is 13.0 Å². The number of alkyl carbamates (subject to hydrolysis) is 1. The van der Waals surface area contributed by atoms with Gasteiger partial charge in [-0.05, 0) is 49.9 Å². The van der Waals surface area contributed by atoms with E-state index in [9.17, 15) is 24.0 Å². The molecule has 11 heteroatoms. The van der Waals surface area contributed by atoms with Gasteiger partial charge < -0.3 is 20.3 Å². The number of amides is 4. The highest BCUT2D eigenvalue weighted by Crippen LogP contribution is 2.65. The Morgan fingerprint density at radius 3 is 2.13 bits per heavy atom. The number of piperidine rings is 1. The quantitative estimate of drug-likeness (QED) is 0.286. The van der Waals surface area contributed by atoms with Gasteiger partial charge in [0.05, 0.1) is 13.2 Å². The molecule has 3 unspecified atom stereocenters. The molecule has 1 saturated carbocycles. The predicted octanol–water partition coefficient (Wildman–Crippen LogP) is 2.33. The molecule has 11 nitrogen and oxygen atoms in total. The molecule has 2 rings (SSSR count). The number of carbonyl (C=O) groups is 5. The lowest BCUT2D eigenvalue weighted by Crippen LogP contribution is -2.60. The molecule has 0 bridgehead atoms. The first-order valence-corrected chi connectivity index (χ1v) is 13.3. The zero-order valence-electron chi connectivity index (χ0n) is 24.5. The Bertz CT molecular complexity index is 935. The molecule has 1 aliphatic carbocycles. The summed E-state index contributed by atoms with van der Waals surface area (Å²) in [5, 5.41) is 5.46. The molecule has 1 aliphatic heterocycles. The van der Waals surface area contributed by atoms with Crippen molar-refractivity contribution in [2.75, 3.05) is 13.7 Å². The van der Waals surface area contributed by atoms with Crippen molar-refractivity contribution in [2.24, 2.45) is 22.7 Å². The summed E-state index contributed by atoms with van der Waals surface area (Å²) < 4.78 is 5.39. The molecule has 2 aliphatic rings. The van der Waals surface area contributed by atoms with Crippen LogP contribution < -0.4 is 16.1 Å². The molecule has 1 saturated heterocycles. The molecular weight excluding hydrogens is 492 g/mol. The van der Waals surface area contributed by atoms with Crippen molar-refractivity contribution >= 4 is 29.6 Å². The van der Waals surface area contributed by atoms with Crippen molar-refractivity contribution in [3.05, 3.63) is 0 Å². The SMILES string of the molecule is CCCCC(NC(=O)[C@@H]1C2C(CN1C(=O)[C@@H](NC(=O)OC(C)(C)C)C(C)(C)C)C2(C)C)C(=O)C(=O)NOC. The van der Waals surface area contributed by atoms with Gasteiger partial charge in [0.25, 0.3) is 0 Å². The third-order valence-electron chi connectivity index (χ3n) is 7.43. The van der Waals surface area contributed by atoms with Gasteiger partial charge in [0.15, 0.2) is 0 Å². The normalized spacial score (nSPS) is 23.5. The smallest absolute Gasteiger partial charge is 0.408 e. The second-order valence-corrected chi connectivity index (χ2v) is 13.0. The van der Waals surface area contributed by atoms with Crippen LogP contribution in [0.2, 0.25) is 0 Å². The summed E-state index contributed by atoms with van der Waals surface area (Å²) in [7, 11) is 1.22. The van der Waals surface area contributed by atoms with Gasteiger partial charge in [0.2, 0.25) is 17.6 Å². The Balaban J connectivity index is 2.32. The number of hydrogen-bond acceptors (Lipinski definition) is 7. The zero-order chi connectivity index (χ0) is 29.2. The highest BCUT2D eigenvalue weighted by atomic mass is 16.6. The van der Waals surface area contributed by atoms with Gasteiger partial charge >= 0.3 is 12.0 Å². The van der Waals surface area contributed by atoms with Crippen LogP contribution in [0, 0.1) is 22.7 Å². The van der Waals surface area contributed by atoms with Gasteiger partial charge in [-0.25, -0.2) is 10.3 Å². The summed E-state index contributed by atoms with van der Waals surface area (Å²) in [5.41, 5.74) is 0.435. The fourth-order valence-electron chi connectivity index (χ4n) is 5.29. The molecular formula is C27H46N4O7. The van der Waals surface area contributed by atoms with Crippen LogP contribution in [-0.4, -0.2) is 71.9 Å². The fourth-order valence-corrected chi connectivity index (χ4v) is 5.29. The number of Topliss-reactive ketones (excluding diaryl/α,β-unsaturated/α-hetero) is 1. The van der Waals surface area contributed by atoms with Crippen LogP contribution in [0.1, 0.15) is 81.6 Å². The largest absolute Gasteiger partial charge is 0.444 e. The van der Waals surface area contributed by atoms with E-state index in [1.165, 1.54) is 12.0 Å². The van der Waals surface area contributed by atoms with Crippen LogP contribution in [0.15, 0.2) is 0 Å². The molecule has 4 amide bonds. The summed E-state index contributed by atoms with van der Waals surface area (Å²) >= 11 is 0. The van der Waals surface area contributed by atoms with Crippen molar-refractivity contribution in [3.8, 4) is 0 Å². The van der Waals surface area contributed by atoms with E-state index in [2.05, 4.69) is 29.3 Å². The van der Waals surface area contributed by atoms with E-state index in [0.717, 1.165) is 6.42 Å². The zero-order valence-corrected chi connectivity index (χ0v) is 24.5. The summed E-state index contributed by atoms with van der Waals surface area (Å²) in [6.07, 6.45) is 0.946. The maximum absolute atomic E-state index is 13.9. The molecule has 216 valence electrons. The number of ether oxygens (including phenoxy) is 1. The third kappa shape index (κ3) is 7.24. The lowest BCUT2D eigenvalue weighted by atomic mass is 9.85. The fraction of sp³-hybridized carbons (Fsp3) is 0.815. The van der Waals surface area contributed by atoms with Gasteiger partial charge in [0, 0.05) is 6.54 Å². The molecule has 38 heavy (non-hydrogen) atoms. The summed E-state index contributed by atoms with van der Waals surface area (Å²) in [5.74, 6) is -2.64. The number of hydroxylamine groups is 1. The van der Waals surface area contributed by atoms with E-state index in [-0.39, 0.29) is 29.6 Å². The average Bonchev–Trinajstić information content (AvgIpc) is 3.11. The third-order valence-corrected chi connectivity index (χ3v) is 7.43. The van der Waals surface area contributed by atoms with E-state index >= 15 is 0 Å². The Kier molecular flexibility index (Phi) is 9.62. The van der Waals surface area contributed by atoms with E-state index < -0.39 is 52.8 Å². The molecule has 3 N–H and O–H groups in total. The van der Waals surface area contributed by atoms with Gasteiger partial charge in [-0.15, -0.1) is 0 Å². The van der Waals surface area contributed by atoms with Gasteiger partial charge in [-0.1, -0.05) is 54.4 Å². The molecule has 0 radical (unpaired) electrons. The number of likely N-dealkylation sites (tertiary alicyclic amines) is 1. The second-order valence-electron chi connectivity index (χ2n) is 13.0. The number of nitrogens with zero attached hydrogens (tertiary/aromatic N) is 1. The van der Waals surface area contributed by atoms with Crippen molar-refractivity contribution in [3.63, 3.8) is 0 Å². The number of nitrogens with one attached hydrogen (secondary N) is 3. The van der Waals surface area contributed by atoms with Crippen molar-refractivity contribution < 1.29 is 33.5 Å². The lowest BCUT2D eigenvalue weighted by molar-refractivity contribution is -0.147. The number of unbranched alkanes of at least 4 members (excludes halogenated alkanes) is 1. The molecule has 0 spiro atoms. The summed E-state index contributed by atoms with van der Waals surface area (Å²) in [4.78, 5) is 71.2. The minimum Gasteiger partial charge on any atom is -0.444 e. The monoisotopic (exact) mass is 538 g/mol. The predicted molar refractivity (Wildman–Crippen MR) is 140 cm³/mol. The minimum atomic E-state index is -1.05. The Morgan fingerprint density at radius 2 is 1.63 bits per heavy atom. The molecule has 5 atom stereocenters. The molecule has 1 heterocycles. The number of fused-ring (bicyclic) bond motifs is 1. The maximum Gasteiger partial charge on any atom is 0.408 e. The van der Waals surface area contributed by atoms with Gasteiger partial charge in [-0.2, -0.15) is 0 Å². The number of rotatable bonds is 10. The number of carbonyl (C=O) groups excluding carboxylic acids is 5. The molecule has 0 aromatic carbocycles. The first kappa shape index (κ1) is 31.5. The molecule has 0 aromatic rings. The van der Waals surface area contributed by atoms with Gasteiger partial charge in [0.1, 0.15) is 17.7 Å². The van der Waals surface area contributed by atoms with E-state index in [1.54, 1.807) is 20.8 Å². The van der Waals surface area contributed by atoms with Crippen LogP contribution in [0.4, 0.5) is 4.79 Å².